The first-order chi connectivity index (χ1) is 12.2. The Kier molecular flexibility index (Phi) is 7.11. The number of amides is 2. The molecule has 6 nitrogen and oxygen atoms in total. The molecule has 0 saturated heterocycles. The fourth-order valence-corrected chi connectivity index (χ4v) is 3.91. The number of halogens is 2. The third-order valence-electron chi connectivity index (χ3n) is 3.87. The first kappa shape index (κ1) is 20.8. The minimum Gasteiger partial charge on any atom is -0.506 e. The topological polar surface area (TPSA) is 87.7 Å². The van der Waals surface area contributed by atoms with E-state index in [1.165, 1.54) is 0 Å². The summed E-state index contributed by atoms with van der Waals surface area (Å²) in [5.41, 5.74) is 1.61. The maximum atomic E-state index is 12.8. The number of carbonyl (C=O) groups excluding carboxylic acids is 2. The van der Waals surface area contributed by atoms with Gasteiger partial charge in [0.25, 0.3) is 0 Å². The average molecular weight is 490 g/mol. The van der Waals surface area contributed by atoms with Crippen molar-refractivity contribution in [3.05, 3.63) is 37.9 Å². The van der Waals surface area contributed by atoms with E-state index in [2.05, 4.69) is 42.5 Å². The van der Waals surface area contributed by atoms with Crippen molar-refractivity contribution in [3.63, 3.8) is 0 Å². The van der Waals surface area contributed by atoms with Gasteiger partial charge in [0.1, 0.15) is 5.75 Å². The predicted molar refractivity (Wildman–Crippen MR) is 106 cm³/mol. The molecule has 3 N–H and O–H groups in total. The van der Waals surface area contributed by atoms with E-state index in [-0.39, 0.29) is 17.9 Å². The van der Waals surface area contributed by atoms with E-state index in [4.69, 9.17) is 4.74 Å². The number of hydrogen-bond donors (Lipinski definition) is 3. The number of unbranched alkanes of at least 4 members (excludes halogenated alkanes) is 1. The zero-order valence-electron chi connectivity index (χ0n) is 14.9. The molecule has 2 rings (SSSR count). The van der Waals surface area contributed by atoms with Gasteiger partial charge in [-0.2, -0.15) is 0 Å². The van der Waals surface area contributed by atoms with Gasteiger partial charge in [0.2, 0.25) is 0 Å². The summed E-state index contributed by atoms with van der Waals surface area (Å²) < 4.78 is 6.33. The summed E-state index contributed by atoms with van der Waals surface area (Å²) in [6.45, 7) is 5.60. The van der Waals surface area contributed by atoms with Gasteiger partial charge in [0.05, 0.1) is 26.7 Å². The Hall–Kier alpha value is -1.54. The van der Waals surface area contributed by atoms with E-state index in [1.807, 2.05) is 6.92 Å². The molecule has 1 atom stereocenters. The average Bonchev–Trinajstić information content (AvgIpc) is 2.55. The molecule has 2 amide bonds. The Morgan fingerprint density at radius 1 is 1.31 bits per heavy atom. The summed E-state index contributed by atoms with van der Waals surface area (Å²) in [6, 6.07) is 2.31. The second-order valence-electron chi connectivity index (χ2n) is 6.31. The van der Waals surface area contributed by atoms with Crippen LogP contribution >= 0.6 is 31.9 Å². The van der Waals surface area contributed by atoms with Crippen LogP contribution in [0.4, 0.5) is 4.79 Å². The highest BCUT2D eigenvalue weighted by molar-refractivity contribution is 9.11. The number of ether oxygens (including phenoxy) is 1. The van der Waals surface area contributed by atoms with Crippen LogP contribution in [-0.4, -0.2) is 23.2 Å². The molecular weight excluding hydrogens is 468 g/mol. The number of aromatic hydroxyl groups is 1. The molecule has 0 aliphatic carbocycles. The van der Waals surface area contributed by atoms with Gasteiger partial charge in [0, 0.05) is 5.70 Å². The van der Waals surface area contributed by atoms with Crippen molar-refractivity contribution in [2.45, 2.75) is 52.2 Å². The summed E-state index contributed by atoms with van der Waals surface area (Å²) in [5.74, 6) is -0.417. The predicted octanol–water partition coefficient (Wildman–Crippen LogP) is 4.67. The van der Waals surface area contributed by atoms with Crippen molar-refractivity contribution < 1.29 is 19.4 Å². The first-order valence-corrected chi connectivity index (χ1v) is 10.0. The standard InChI is InChI=1S/C18H22Br2N2O4/c1-4-5-6-13-14(17(24)26-9(2)3)15(22-18(25)21-13)10-7-11(19)16(23)12(20)8-10/h7-9,15,23H,4-6H2,1-3H3,(H2,21,22,25). The quantitative estimate of drug-likeness (QED) is 0.507. The van der Waals surface area contributed by atoms with Crippen LogP contribution in [0.15, 0.2) is 32.3 Å². The molecular formula is C18H22Br2N2O4. The molecule has 1 aliphatic heterocycles. The summed E-state index contributed by atoms with van der Waals surface area (Å²) in [5, 5.41) is 15.5. The van der Waals surface area contributed by atoms with E-state index in [0.717, 1.165) is 12.8 Å². The van der Waals surface area contributed by atoms with Crippen molar-refractivity contribution in [3.8, 4) is 5.75 Å². The minimum absolute atomic E-state index is 0.0514. The fourth-order valence-electron chi connectivity index (χ4n) is 2.69. The summed E-state index contributed by atoms with van der Waals surface area (Å²) in [4.78, 5) is 24.9. The number of carbonyl (C=O) groups is 2. The van der Waals surface area contributed by atoms with Crippen LogP contribution in [0, 0.1) is 0 Å². The van der Waals surface area contributed by atoms with Crippen molar-refractivity contribution in [1.82, 2.24) is 10.6 Å². The molecule has 26 heavy (non-hydrogen) atoms. The van der Waals surface area contributed by atoms with Crippen LogP contribution in [0.3, 0.4) is 0 Å². The van der Waals surface area contributed by atoms with Gasteiger partial charge in [-0.1, -0.05) is 13.3 Å². The summed E-state index contributed by atoms with van der Waals surface area (Å²) in [6.07, 6.45) is 2.06. The first-order valence-electron chi connectivity index (χ1n) is 8.44. The van der Waals surface area contributed by atoms with Gasteiger partial charge in [-0.3, -0.25) is 0 Å². The molecule has 1 aromatic carbocycles. The highest BCUT2D eigenvalue weighted by Crippen LogP contribution is 2.38. The van der Waals surface area contributed by atoms with Crippen molar-refractivity contribution >= 4 is 43.9 Å². The number of phenolic OH excluding ortho intramolecular Hbond substituents is 1. The second-order valence-corrected chi connectivity index (χ2v) is 8.02. The monoisotopic (exact) mass is 488 g/mol. The molecule has 0 spiro atoms. The van der Waals surface area contributed by atoms with E-state index in [9.17, 15) is 14.7 Å². The number of benzene rings is 1. The molecule has 0 fully saturated rings. The van der Waals surface area contributed by atoms with Crippen LogP contribution in [0.25, 0.3) is 0 Å². The summed E-state index contributed by atoms with van der Waals surface area (Å²) in [7, 11) is 0. The van der Waals surface area contributed by atoms with Gasteiger partial charge in [0.15, 0.2) is 0 Å². The zero-order chi connectivity index (χ0) is 19.4. The Balaban J connectivity index is 2.55. The van der Waals surface area contributed by atoms with Crippen molar-refractivity contribution in [1.29, 1.82) is 0 Å². The normalized spacial score (nSPS) is 17.2. The maximum absolute atomic E-state index is 12.8. The van der Waals surface area contributed by atoms with Crippen LogP contribution in [0.5, 0.6) is 5.75 Å². The van der Waals surface area contributed by atoms with Crippen molar-refractivity contribution in [2.24, 2.45) is 0 Å². The van der Waals surface area contributed by atoms with Crippen LogP contribution in [-0.2, 0) is 9.53 Å². The van der Waals surface area contributed by atoms with Crippen LogP contribution in [0.2, 0.25) is 0 Å². The Morgan fingerprint density at radius 2 is 1.92 bits per heavy atom. The van der Waals surface area contributed by atoms with Crippen LogP contribution in [0.1, 0.15) is 51.6 Å². The molecule has 0 radical (unpaired) electrons. The zero-order valence-corrected chi connectivity index (χ0v) is 18.0. The Labute approximate surface area is 169 Å². The lowest BCUT2D eigenvalue weighted by atomic mass is 9.93. The summed E-state index contributed by atoms with van der Waals surface area (Å²) >= 11 is 6.58. The second kappa shape index (κ2) is 8.90. The number of rotatable bonds is 6. The third-order valence-corrected chi connectivity index (χ3v) is 5.08. The molecule has 1 aliphatic rings. The van der Waals surface area contributed by atoms with E-state index >= 15 is 0 Å². The third kappa shape index (κ3) is 4.79. The number of allylic oxidation sites excluding steroid dienone is 1. The SMILES string of the molecule is CCCCC1=C(C(=O)OC(C)C)C(c2cc(Br)c(O)c(Br)c2)NC(=O)N1. The maximum Gasteiger partial charge on any atom is 0.338 e. The molecule has 1 unspecified atom stereocenters. The molecule has 1 aromatic rings. The molecule has 0 saturated carbocycles. The van der Waals surface area contributed by atoms with E-state index in [1.54, 1.807) is 26.0 Å². The largest absolute Gasteiger partial charge is 0.506 e. The highest BCUT2D eigenvalue weighted by Gasteiger charge is 2.34. The molecule has 8 heteroatoms. The number of hydrogen-bond acceptors (Lipinski definition) is 4. The minimum atomic E-state index is -0.671. The fraction of sp³-hybridized carbons (Fsp3) is 0.444. The van der Waals surface area contributed by atoms with Crippen molar-refractivity contribution in [2.75, 3.05) is 0 Å². The van der Waals surface area contributed by atoms with Crippen LogP contribution < -0.4 is 10.6 Å². The molecule has 1 heterocycles. The lowest BCUT2D eigenvalue weighted by Crippen LogP contribution is -2.46. The molecule has 0 bridgehead atoms. The van der Waals surface area contributed by atoms with E-state index in [0.29, 0.717) is 32.2 Å². The van der Waals surface area contributed by atoms with Gasteiger partial charge in [-0.05, 0) is 76.2 Å². The van der Waals surface area contributed by atoms with Gasteiger partial charge >= 0.3 is 12.0 Å². The molecule has 142 valence electrons. The lowest BCUT2D eigenvalue weighted by molar-refractivity contribution is -0.143. The number of phenols is 1. The lowest BCUT2D eigenvalue weighted by Gasteiger charge is -2.30. The number of esters is 1. The Bertz CT molecular complexity index is 724. The van der Waals surface area contributed by atoms with Gasteiger partial charge in [-0.25, -0.2) is 9.59 Å². The number of nitrogens with one attached hydrogen (secondary N) is 2. The van der Waals surface area contributed by atoms with Gasteiger partial charge in [-0.15, -0.1) is 0 Å². The number of urea groups is 1. The van der Waals surface area contributed by atoms with E-state index < -0.39 is 12.0 Å². The Morgan fingerprint density at radius 3 is 2.46 bits per heavy atom. The smallest absolute Gasteiger partial charge is 0.338 e. The highest BCUT2D eigenvalue weighted by atomic mass is 79.9. The molecule has 0 aromatic heterocycles. The van der Waals surface area contributed by atoms with Gasteiger partial charge < -0.3 is 20.5 Å².